The van der Waals surface area contributed by atoms with Gasteiger partial charge in [-0.3, -0.25) is 63.9 Å². The van der Waals surface area contributed by atoms with Crippen LogP contribution in [0.2, 0.25) is 0 Å². The molecule has 1 aliphatic rings. The van der Waals surface area contributed by atoms with Crippen LogP contribution >= 0.6 is 0 Å². The number of benzene rings is 5. The van der Waals surface area contributed by atoms with Gasteiger partial charge in [-0.15, -0.1) is 0 Å². The number of aryl methyl sites for hydroxylation is 16. The lowest BCUT2D eigenvalue weighted by Crippen LogP contribution is -2.30. The van der Waals surface area contributed by atoms with Gasteiger partial charge in [-0.25, -0.2) is 0 Å². The van der Waals surface area contributed by atoms with E-state index in [-0.39, 0.29) is 24.7 Å². The summed E-state index contributed by atoms with van der Waals surface area (Å²) in [5.74, 6) is -0.284. The van der Waals surface area contributed by atoms with Gasteiger partial charge in [0, 0.05) is 115 Å². The second-order valence-corrected chi connectivity index (χ2v) is 35.7. The number of hydrogen-bond donors (Lipinski definition) is 1. The molecule has 0 saturated carbocycles. The zero-order valence-corrected chi connectivity index (χ0v) is 81.5. The van der Waals surface area contributed by atoms with E-state index >= 15 is 0 Å². The maximum absolute atomic E-state index is 12.6. The van der Waals surface area contributed by atoms with E-state index in [9.17, 15) is 45.5 Å². The highest BCUT2D eigenvalue weighted by Crippen LogP contribution is 2.30. The maximum Gasteiger partial charge on any atom is 0.449 e. The van der Waals surface area contributed by atoms with E-state index in [0.717, 1.165) is 255 Å². The zero-order valence-electron chi connectivity index (χ0n) is 81.5. The number of pyridine rings is 8. The topological polar surface area (TPSA) is 238 Å². The van der Waals surface area contributed by atoms with E-state index in [2.05, 4.69) is 125 Å². The van der Waals surface area contributed by atoms with Crippen LogP contribution in [0.15, 0.2) is 292 Å². The SMILES string of the molecule is NCCCCOc1cc(CCCc2ccccn2)cc(CCCc2ccccn2)c1.O=C(CCCCCOc1cc(CCCc2ccccn2)cc(CCCc2ccccn2)c1)C(F)(F)F.O=C(CCCCCOc1cc(CCCc2ccccn2)cc(CCCc2ccccn2)c1)C(F)(F)F.O=C1c2ccccc2C(=O)N1CCCCOc1cc(CCCc2ccccn2)cc(CCCc2ccccn2)c1. The number of hydrogen-bond acceptors (Lipinski definition) is 17. The van der Waals surface area contributed by atoms with Crippen LogP contribution in [-0.4, -0.2) is 120 Å². The normalized spacial score (nSPS) is 11.6. The Hall–Kier alpha value is -13.5. The molecule has 0 atom stereocenters. The Balaban J connectivity index is 0.000000182. The molecule has 0 bridgehead atoms. The lowest BCUT2D eigenvalue weighted by atomic mass is 10.00. The van der Waals surface area contributed by atoms with E-state index in [1.807, 2.05) is 183 Å². The predicted molar refractivity (Wildman–Crippen MR) is 546 cm³/mol. The smallest absolute Gasteiger partial charge is 0.449 e. The first kappa shape index (κ1) is 109. The molecular weight excluding hydrogens is 1800 g/mol. The third-order valence-corrected chi connectivity index (χ3v) is 24.2. The number of nitrogens with zero attached hydrogens (tertiary/aromatic N) is 9. The van der Waals surface area contributed by atoms with Gasteiger partial charge < -0.3 is 24.7 Å². The number of nitrogens with two attached hydrogens (primary N) is 1. The average molecular weight is 1930 g/mol. The summed E-state index contributed by atoms with van der Waals surface area (Å²) >= 11 is 0. The highest BCUT2D eigenvalue weighted by atomic mass is 19.4. The number of Topliss-reactive ketones (excluding diaryl/α,β-unsaturated/α-hetero) is 2. The minimum atomic E-state index is -4.74. The number of amides is 2. The Labute approximate surface area is 833 Å². The quantitative estimate of drug-likeness (QED) is 0.0212. The van der Waals surface area contributed by atoms with Crippen molar-refractivity contribution in [2.24, 2.45) is 5.73 Å². The minimum absolute atomic E-state index is 0.199. The lowest BCUT2D eigenvalue weighted by molar-refractivity contribution is -0.171. The Morgan fingerprint density at radius 3 is 0.648 bits per heavy atom. The highest BCUT2D eigenvalue weighted by Gasteiger charge is 2.38. The largest absolute Gasteiger partial charge is 0.494 e. The monoisotopic (exact) mass is 1930 g/mol. The third kappa shape index (κ3) is 42.1. The molecule has 13 aromatic rings. The number of halogens is 6. The van der Waals surface area contributed by atoms with E-state index in [1.54, 1.807) is 24.3 Å². The predicted octanol–water partition coefficient (Wildman–Crippen LogP) is 25.0. The van der Waals surface area contributed by atoms with Crippen LogP contribution in [0.25, 0.3) is 0 Å². The number of unbranched alkanes of at least 4 members (excludes halogenated alkanes) is 6. The van der Waals surface area contributed by atoms with Crippen molar-refractivity contribution in [1.82, 2.24) is 44.8 Å². The molecule has 18 nitrogen and oxygen atoms in total. The van der Waals surface area contributed by atoms with Crippen molar-refractivity contribution in [3.8, 4) is 23.0 Å². The number of ketones is 2. The maximum atomic E-state index is 12.6. The fourth-order valence-corrected chi connectivity index (χ4v) is 16.8. The van der Waals surface area contributed by atoms with Gasteiger partial charge in [0.15, 0.2) is 0 Å². The summed E-state index contributed by atoms with van der Waals surface area (Å²) in [6, 6.07) is 81.1. The molecule has 0 aliphatic carbocycles. The molecular formula is C118H134F6N10O8. The number of fused-ring (bicyclic) bond motifs is 1. The molecule has 0 spiro atoms. The average Bonchev–Trinajstić information content (AvgIpc) is 1.64. The number of carbonyl (C=O) groups excluding carboxylic acids is 4. The standard InChI is InChI=1S/C34H35N3O3.2C29H33F3N2O2.C26H33N3O/c38-33-31-17-1-2-18-32(31)34(39)37(33)21-7-8-22-40-30-24-26(11-9-15-28-13-3-5-19-35-28)23-27(25-30)12-10-16-29-14-4-6-20-36-29;2*30-29(31,32)28(35)16-2-1-7-19-36-27-21-23(10-8-14-25-12-3-5-17-33-25)20-24(22-27)11-9-15-26-13-4-6-18-34-26;27-15-3-6-18-30-26-20-22(9-7-13-24-11-1-4-16-28-24)19-23(21-26)10-8-14-25-12-2-5-17-29-25/h1-6,13-14,17-20,23-25H,7-12,15-16,21-22H2;2*3-6,12-13,17-18,20-22H,1-2,7-11,14-16,19H2;1-2,4-5,11-12,16-17,19-21H,3,6-10,13-15,18,27H2. The first-order chi connectivity index (χ1) is 69.3. The van der Waals surface area contributed by atoms with Crippen LogP contribution in [0, 0.1) is 0 Å². The van der Waals surface area contributed by atoms with Gasteiger partial charge in [0.1, 0.15) is 23.0 Å². The van der Waals surface area contributed by atoms with Crippen molar-refractivity contribution in [3.63, 3.8) is 0 Å². The summed E-state index contributed by atoms with van der Waals surface area (Å²) in [4.78, 5) is 83.8. The number of ether oxygens (including phenoxy) is 4. The van der Waals surface area contributed by atoms with E-state index in [0.29, 0.717) is 69.6 Å². The second kappa shape index (κ2) is 62.0. The number of carbonyl (C=O) groups is 4. The molecule has 142 heavy (non-hydrogen) atoms. The number of alkyl halides is 6. The van der Waals surface area contributed by atoms with E-state index in [1.165, 1.54) is 49.4 Å². The molecule has 0 saturated heterocycles. The summed E-state index contributed by atoms with van der Waals surface area (Å²) in [6.07, 6.45) is 33.6. The fraction of sp³-hybridized carbons (Fsp3) is 0.373. The Bertz CT molecular complexity index is 5350. The molecule has 746 valence electrons. The van der Waals surface area contributed by atoms with Crippen molar-refractivity contribution >= 4 is 23.4 Å². The molecule has 2 N–H and O–H groups in total. The van der Waals surface area contributed by atoms with Crippen LogP contribution in [0.3, 0.4) is 0 Å². The highest BCUT2D eigenvalue weighted by molar-refractivity contribution is 6.21. The van der Waals surface area contributed by atoms with Crippen LogP contribution in [-0.2, 0) is 112 Å². The van der Waals surface area contributed by atoms with Crippen molar-refractivity contribution in [2.45, 2.75) is 244 Å². The van der Waals surface area contributed by atoms with Gasteiger partial charge in [0.2, 0.25) is 11.6 Å². The number of aromatic nitrogens is 8. The first-order valence-corrected chi connectivity index (χ1v) is 50.4. The van der Waals surface area contributed by atoms with Crippen LogP contribution in [0.1, 0.15) is 239 Å². The fourth-order valence-electron chi connectivity index (χ4n) is 16.8. The number of imide groups is 1. The summed E-state index contributed by atoms with van der Waals surface area (Å²) in [5.41, 5.74) is 25.5. The molecule has 9 heterocycles. The van der Waals surface area contributed by atoms with Crippen molar-refractivity contribution < 1.29 is 64.5 Å². The Morgan fingerprint density at radius 1 is 0.246 bits per heavy atom. The number of rotatable bonds is 57. The van der Waals surface area contributed by atoms with Crippen molar-refractivity contribution in [3.05, 3.63) is 393 Å². The van der Waals surface area contributed by atoms with Gasteiger partial charge >= 0.3 is 12.4 Å². The van der Waals surface area contributed by atoms with Crippen LogP contribution in [0.4, 0.5) is 26.3 Å². The summed E-state index contributed by atoms with van der Waals surface area (Å²) < 4.78 is 98.0. The molecule has 0 fully saturated rings. The molecule has 1 aliphatic heterocycles. The van der Waals surface area contributed by atoms with Gasteiger partial charge in [0.25, 0.3) is 11.8 Å². The van der Waals surface area contributed by atoms with Gasteiger partial charge in [0.05, 0.1) is 37.6 Å². The summed E-state index contributed by atoms with van der Waals surface area (Å²) in [7, 11) is 0. The Kier molecular flexibility index (Phi) is 47.5. The van der Waals surface area contributed by atoms with Crippen LogP contribution in [0.5, 0.6) is 23.0 Å². The van der Waals surface area contributed by atoms with E-state index in [4.69, 9.17) is 24.7 Å². The van der Waals surface area contributed by atoms with Crippen LogP contribution < -0.4 is 24.7 Å². The minimum Gasteiger partial charge on any atom is -0.494 e. The molecule has 0 unspecified atom stereocenters. The Morgan fingerprint density at radius 2 is 0.451 bits per heavy atom. The third-order valence-electron chi connectivity index (χ3n) is 24.2. The zero-order chi connectivity index (χ0) is 99.7. The van der Waals surface area contributed by atoms with Crippen molar-refractivity contribution in [2.75, 3.05) is 39.5 Å². The molecule has 24 heteroatoms. The van der Waals surface area contributed by atoms with Gasteiger partial charge in [-0.2, -0.15) is 26.3 Å². The summed E-state index contributed by atoms with van der Waals surface area (Å²) in [5, 5.41) is 0. The van der Waals surface area contributed by atoms with Gasteiger partial charge in [-0.1, -0.05) is 84.9 Å². The second-order valence-electron chi connectivity index (χ2n) is 35.7. The lowest BCUT2D eigenvalue weighted by Gasteiger charge is -2.14. The van der Waals surface area contributed by atoms with E-state index < -0.39 is 36.8 Å². The molecule has 2 amide bonds. The molecule has 5 aromatic carbocycles. The first-order valence-electron chi connectivity index (χ1n) is 50.4. The van der Waals surface area contributed by atoms with Crippen molar-refractivity contribution in [1.29, 1.82) is 0 Å². The molecule has 14 rings (SSSR count). The molecule has 0 radical (unpaired) electrons. The van der Waals surface area contributed by atoms with Gasteiger partial charge in [-0.05, 0) is 427 Å². The summed E-state index contributed by atoms with van der Waals surface area (Å²) in [6.45, 7) is 3.20. The molecule has 8 aromatic heterocycles.